The summed E-state index contributed by atoms with van der Waals surface area (Å²) in [5, 5.41) is 8.18. The average molecular weight is 389 g/mol. The summed E-state index contributed by atoms with van der Waals surface area (Å²) < 4.78 is 47.4. The molecular weight excluding hydrogens is 373 g/mol. The molecule has 3 aromatic rings. The fourth-order valence-electron chi connectivity index (χ4n) is 2.83. The van der Waals surface area contributed by atoms with Gasteiger partial charge in [-0.05, 0) is 36.4 Å². The van der Waals surface area contributed by atoms with Gasteiger partial charge in [0.1, 0.15) is 23.9 Å². The first-order valence-electron chi connectivity index (χ1n) is 8.24. The first-order valence-corrected chi connectivity index (χ1v) is 9.68. The van der Waals surface area contributed by atoms with Crippen LogP contribution in [-0.4, -0.2) is 39.2 Å². The molecule has 8 nitrogen and oxygen atoms in total. The Morgan fingerprint density at radius 1 is 1.15 bits per heavy atom. The van der Waals surface area contributed by atoms with Crippen molar-refractivity contribution in [3.63, 3.8) is 0 Å². The minimum atomic E-state index is -3.74. The van der Waals surface area contributed by atoms with Crippen molar-refractivity contribution < 1.29 is 17.5 Å². The molecule has 1 aliphatic rings. The smallest absolute Gasteiger partial charge is 0.243 e. The highest BCUT2D eigenvalue weighted by Gasteiger charge is 2.31. The summed E-state index contributed by atoms with van der Waals surface area (Å²) in [5.74, 6) is 0.107. The molecule has 3 heterocycles. The fraction of sp³-hybridized carbons (Fsp3) is 0.235. The molecule has 1 aromatic carbocycles. The lowest BCUT2D eigenvalue weighted by atomic mass is 10.3. The largest absolute Gasteiger partial charge is 0.486 e. The highest BCUT2D eigenvalue weighted by molar-refractivity contribution is 7.89. The standard InChI is InChI=1S/C17H16FN5O3S/c18-13-3-5-15(6-4-13)27(24,25)22-8-9-23-17(11-22)16(20-21-23)12-26-14-2-1-7-19-10-14/h1-7,10H,8-9,11-12H2. The zero-order valence-electron chi connectivity index (χ0n) is 14.2. The van der Waals surface area contributed by atoms with E-state index in [1.807, 2.05) is 0 Å². The number of nitrogens with zero attached hydrogens (tertiary/aromatic N) is 5. The third-order valence-corrected chi connectivity index (χ3v) is 6.13. The van der Waals surface area contributed by atoms with Crippen LogP contribution >= 0.6 is 0 Å². The highest BCUT2D eigenvalue weighted by Crippen LogP contribution is 2.23. The monoisotopic (exact) mass is 389 g/mol. The second-order valence-corrected chi connectivity index (χ2v) is 7.91. The van der Waals surface area contributed by atoms with E-state index in [0.29, 0.717) is 23.7 Å². The fourth-order valence-corrected chi connectivity index (χ4v) is 4.22. The van der Waals surface area contributed by atoms with Crippen LogP contribution in [-0.2, 0) is 29.7 Å². The van der Waals surface area contributed by atoms with Crippen LogP contribution in [0.5, 0.6) is 5.75 Å². The molecule has 0 amide bonds. The van der Waals surface area contributed by atoms with E-state index >= 15 is 0 Å². The molecule has 2 aromatic heterocycles. The molecular formula is C17H16FN5O3S. The molecule has 27 heavy (non-hydrogen) atoms. The molecule has 0 bridgehead atoms. The number of aromatic nitrogens is 4. The zero-order chi connectivity index (χ0) is 18.9. The first kappa shape index (κ1) is 17.6. The summed E-state index contributed by atoms with van der Waals surface area (Å²) in [6.07, 6.45) is 3.23. The summed E-state index contributed by atoms with van der Waals surface area (Å²) in [5.41, 5.74) is 1.24. The van der Waals surface area contributed by atoms with Gasteiger partial charge in [-0.1, -0.05) is 5.21 Å². The summed E-state index contributed by atoms with van der Waals surface area (Å²) in [6, 6.07) is 8.33. The van der Waals surface area contributed by atoms with Crippen LogP contribution in [0.4, 0.5) is 4.39 Å². The van der Waals surface area contributed by atoms with E-state index in [1.54, 1.807) is 29.2 Å². The number of pyridine rings is 1. The lowest BCUT2D eigenvalue weighted by Crippen LogP contribution is -2.38. The molecule has 4 rings (SSSR count). The van der Waals surface area contributed by atoms with E-state index in [4.69, 9.17) is 4.74 Å². The third-order valence-electron chi connectivity index (χ3n) is 4.27. The Morgan fingerprint density at radius 3 is 2.70 bits per heavy atom. The maximum atomic E-state index is 13.1. The number of rotatable bonds is 5. The molecule has 0 atom stereocenters. The topological polar surface area (TPSA) is 90.2 Å². The molecule has 0 fully saturated rings. The zero-order valence-corrected chi connectivity index (χ0v) is 15.0. The minimum absolute atomic E-state index is 0.0537. The van der Waals surface area contributed by atoms with Crippen LogP contribution in [0, 0.1) is 5.82 Å². The van der Waals surface area contributed by atoms with Crippen LogP contribution in [0.3, 0.4) is 0 Å². The van der Waals surface area contributed by atoms with Gasteiger partial charge in [-0.15, -0.1) is 5.10 Å². The van der Waals surface area contributed by atoms with Crippen LogP contribution in [0.25, 0.3) is 0 Å². The van der Waals surface area contributed by atoms with Gasteiger partial charge in [-0.3, -0.25) is 4.98 Å². The lowest BCUT2D eigenvalue weighted by molar-refractivity contribution is 0.290. The van der Waals surface area contributed by atoms with Gasteiger partial charge in [0, 0.05) is 12.7 Å². The summed E-state index contributed by atoms with van der Waals surface area (Å²) in [7, 11) is -3.74. The number of fused-ring (bicyclic) bond motifs is 1. The van der Waals surface area contributed by atoms with Crippen LogP contribution < -0.4 is 4.74 Å². The van der Waals surface area contributed by atoms with Crippen LogP contribution in [0.2, 0.25) is 0 Å². The molecule has 0 radical (unpaired) electrons. The van der Waals surface area contributed by atoms with Crippen molar-refractivity contribution in [1.82, 2.24) is 24.3 Å². The van der Waals surface area contributed by atoms with Crippen molar-refractivity contribution in [3.8, 4) is 5.75 Å². The van der Waals surface area contributed by atoms with Gasteiger partial charge >= 0.3 is 0 Å². The van der Waals surface area contributed by atoms with Gasteiger partial charge in [0.05, 0.1) is 29.9 Å². The number of hydrogen-bond donors (Lipinski definition) is 0. The highest BCUT2D eigenvalue weighted by atomic mass is 32.2. The molecule has 0 saturated heterocycles. The lowest BCUT2D eigenvalue weighted by Gasteiger charge is -2.27. The van der Waals surface area contributed by atoms with Crippen molar-refractivity contribution >= 4 is 10.0 Å². The number of ether oxygens (including phenoxy) is 1. The van der Waals surface area contributed by atoms with Crippen molar-refractivity contribution in [2.45, 2.75) is 24.6 Å². The Balaban J connectivity index is 1.54. The SMILES string of the molecule is O=S(=O)(c1ccc(F)cc1)N1CCn2nnc(COc3cccnc3)c2C1. The van der Waals surface area contributed by atoms with E-state index < -0.39 is 15.8 Å². The quantitative estimate of drug-likeness (QED) is 0.658. The van der Waals surface area contributed by atoms with Gasteiger partial charge in [-0.25, -0.2) is 17.5 Å². The molecule has 0 spiro atoms. The van der Waals surface area contributed by atoms with E-state index in [-0.39, 0.29) is 24.6 Å². The Labute approximate surface area is 155 Å². The minimum Gasteiger partial charge on any atom is -0.486 e. The number of hydrogen-bond acceptors (Lipinski definition) is 6. The van der Waals surface area contributed by atoms with E-state index in [2.05, 4.69) is 15.3 Å². The average Bonchev–Trinajstić information content (AvgIpc) is 3.10. The number of sulfonamides is 1. The molecule has 0 N–H and O–H groups in total. The van der Waals surface area contributed by atoms with Crippen molar-refractivity contribution in [3.05, 3.63) is 66.0 Å². The third kappa shape index (κ3) is 3.53. The summed E-state index contributed by atoms with van der Waals surface area (Å²) >= 11 is 0. The van der Waals surface area contributed by atoms with Gasteiger partial charge < -0.3 is 4.74 Å². The molecule has 1 aliphatic heterocycles. The van der Waals surface area contributed by atoms with E-state index in [1.165, 1.54) is 16.4 Å². The normalized spacial score (nSPS) is 14.7. The Kier molecular flexibility index (Phi) is 4.58. The Hall–Kier alpha value is -2.85. The molecule has 0 saturated carbocycles. The van der Waals surface area contributed by atoms with Crippen LogP contribution in [0.1, 0.15) is 11.4 Å². The number of benzene rings is 1. The predicted molar refractivity (Wildman–Crippen MR) is 92.6 cm³/mol. The first-order chi connectivity index (χ1) is 13.0. The molecule has 0 unspecified atom stereocenters. The van der Waals surface area contributed by atoms with Crippen molar-refractivity contribution in [2.24, 2.45) is 0 Å². The van der Waals surface area contributed by atoms with E-state index in [9.17, 15) is 12.8 Å². The maximum absolute atomic E-state index is 13.1. The predicted octanol–water partition coefficient (Wildman–Crippen LogP) is 1.60. The summed E-state index contributed by atoms with van der Waals surface area (Å²) in [6.45, 7) is 0.929. The molecule has 10 heteroatoms. The Morgan fingerprint density at radius 2 is 1.96 bits per heavy atom. The second-order valence-electron chi connectivity index (χ2n) is 5.98. The maximum Gasteiger partial charge on any atom is 0.243 e. The van der Waals surface area contributed by atoms with E-state index in [0.717, 1.165) is 12.1 Å². The second kappa shape index (κ2) is 7.05. The van der Waals surface area contributed by atoms with Crippen LogP contribution in [0.15, 0.2) is 53.7 Å². The van der Waals surface area contributed by atoms with Gasteiger partial charge in [0.25, 0.3) is 0 Å². The molecule has 140 valence electrons. The number of halogens is 1. The van der Waals surface area contributed by atoms with Gasteiger partial charge in [0.15, 0.2) is 0 Å². The Bertz CT molecular complexity index is 1040. The van der Waals surface area contributed by atoms with Crippen molar-refractivity contribution in [1.29, 1.82) is 0 Å². The van der Waals surface area contributed by atoms with Crippen molar-refractivity contribution in [2.75, 3.05) is 6.54 Å². The molecule has 0 aliphatic carbocycles. The van der Waals surface area contributed by atoms with Gasteiger partial charge in [-0.2, -0.15) is 4.31 Å². The summed E-state index contributed by atoms with van der Waals surface area (Å²) in [4.78, 5) is 4.03. The van der Waals surface area contributed by atoms with Gasteiger partial charge in [0.2, 0.25) is 10.0 Å².